The van der Waals surface area contributed by atoms with Gasteiger partial charge in [0.15, 0.2) is 11.5 Å². The first-order valence-electron chi connectivity index (χ1n) is 9.66. The molecule has 164 valence electrons. The Morgan fingerprint density at radius 2 is 1.84 bits per heavy atom. The van der Waals surface area contributed by atoms with Gasteiger partial charge in [0.05, 0.1) is 22.6 Å². The predicted octanol–water partition coefficient (Wildman–Crippen LogP) is 4.76. The maximum Gasteiger partial charge on any atom is 0.240 e. The van der Waals surface area contributed by atoms with Crippen LogP contribution in [-0.4, -0.2) is 33.7 Å². The van der Waals surface area contributed by atoms with Gasteiger partial charge < -0.3 is 23.9 Å². The molecule has 0 fully saturated rings. The fourth-order valence-corrected chi connectivity index (χ4v) is 5.17. The lowest BCUT2D eigenvalue weighted by Crippen LogP contribution is -2.16. The summed E-state index contributed by atoms with van der Waals surface area (Å²) < 4.78 is 49.5. The highest BCUT2D eigenvalue weighted by atomic mass is 32.2. The lowest BCUT2D eigenvalue weighted by atomic mass is 10.3. The number of sulfone groups is 1. The van der Waals surface area contributed by atoms with Crippen molar-refractivity contribution < 1.29 is 27.0 Å². The second-order valence-electron chi connectivity index (χ2n) is 6.76. The smallest absolute Gasteiger partial charge is 0.240 e. The van der Waals surface area contributed by atoms with E-state index in [0.717, 1.165) is 0 Å². The molecule has 1 aliphatic rings. The molecule has 4 aromatic rings. The number of oxazole rings is 1. The summed E-state index contributed by atoms with van der Waals surface area (Å²) in [6, 6.07) is 15.3. The first-order chi connectivity index (χ1) is 15.6. The van der Waals surface area contributed by atoms with Gasteiger partial charge in [-0.3, -0.25) is 0 Å². The van der Waals surface area contributed by atoms with Crippen LogP contribution in [0.4, 0.5) is 11.6 Å². The highest BCUT2D eigenvalue weighted by molar-refractivity contribution is 7.91. The molecule has 2 aromatic heterocycles. The zero-order chi connectivity index (χ0) is 22.1. The van der Waals surface area contributed by atoms with Crippen LogP contribution < -0.4 is 19.5 Å². The molecule has 1 aliphatic heterocycles. The Morgan fingerprint density at radius 3 is 2.62 bits per heavy atom. The summed E-state index contributed by atoms with van der Waals surface area (Å²) in [5.41, 5.74) is 0.544. The van der Waals surface area contributed by atoms with Crippen LogP contribution in [0.25, 0.3) is 10.8 Å². The van der Waals surface area contributed by atoms with Gasteiger partial charge in [-0.2, -0.15) is 4.98 Å². The highest BCUT2D eigenvalue weighted by Crippen LogP contribution is 2.39. The Hall–Kier alpha value is -3.50. The van der Waals surface area contributed by atoms with E-state index < -0.39 is 9.84 Å². The maximum absolute atomic E-state index is 13.6. The van der Waals surface area contributed by atoms with E-state index in [2.05, 4.69) is 10.3 Å². The second kappa shape index (κ2) is 8.21. The van der Waals surface area contributed by atoms with Crippen LogP contribution >= 0.6 is 11.3 Å². The van der Waals surface area contributed by atoms with Crippen LogP contribution in [0, 0.1) is 0 Å². The largest absolute Gasteiger partial charge is 0.495 e. The third-order valence-electron chi connectivity index (χ3n) is 4.76. The predicted molar refractivity (Wildman–Crippen MR) is 119 cm³/mol. The van der Waals surface area contributed by atoms with Gasteiger partial charge >= 0.3 is 0 Å². The molecule has 32 heavy (non-hydrogen) atoms. The molecule has 3 heterocycles. The summed E-state index contributed by atoms with van der Waals surface area (Å²) in [5.74, 6) is 1.60. The third kappa shape index (κ3) is 3.67. The van der Waals surface area contributed by atoms with E-state index in [0.29, 0.717) is 41.0 Å². The summed E-state index contributed by atoms with van der Waals surface area (Å²) in [4.78, 5) is 5.07. The Labute approximate surface area is 188 Å². The molecule has 0 amide bonds. The minimum absolute atomic E-state index is 0.00668. The minimum atomic E-state index is -4.05. The number of hydrogen-bond donors (Lipinski definition) is 1. The number of para-hydroxylation sites is 2. The Bertz CT molecular complexity index is 1360. The number of nitrogens with zero attached hydrogens (tertiary/aromatic N) is 1. The molecule has 0 spiro atoms. The SMILES string of the molecule is COc1ccccc1Nc1oc(-c2cccs2)nc1S(=O)(=O)c1ccc2c(c1)OCCO2. The van der Waals surface area contributed by atoms with Crippen LogP contribution in [0.1, 0.15) is 0 Å². The van der Waals surface area contributed by atoms with Gasteiger partial charge in [0, 0.05) is 6.07 Å². The van der Waals surface area contributed by atoms with E-state index in [1.807, 2.05) is 23.6 Å². The molecule has 1 N–H and O–H groups in total. The van der Waals surface area contributed by atoms with Crippen molar-refractivity contribution in [3.05, 3.63) is 60.0 Å². The van der Waals surface area contributed by atoms with Crippen molar-refractivity contribution in [3.8, 4) is 28.0 Å². The van der Waals surface area contributed by atoms with Crippen molar-refractivity contribution in [2.75, 3.05) is 25.6 Å². The number of anilines is 2. The molecule has 0 atom stereocenters. The fourth-order valence-electron chi connectivity index (χ4n) is 3.25. The highest BCUT2D eigenvalue weighted by Gasteiger charge is 2.30. The Balaban J connectivity index is 1.62. The average molecular weight is 471 g/mol. The van der Waals surface area contributed by atoms with Gasteiger partial charge in [-0.15, -0.1) is 11.3 Å². The first kappa shape index (κ1) is 20.4. The number of aromatic nitrogens is 1. The maximum atomic E-state index is 13.6. The van der Waals surface area contributed by atoms with Crippen LogP contribution in [0.3, 0.4) is 0 Å². The zero-order valence-electron chi connectivity index (χ0n) is 16.9. The second-order valence-corrected chi connectivity index (χ2v) is 9.58. The van der Waals surface area contributed by atoms with Crippen molar-refractivity contribution in [1.29, 1.82) is 0 Å². The molecule has 5 rings (SSSR count). The number of methoxy groups -OCH3 is 1. The number of hydrogen-bond acceptors (Lipinski definition) is 9. The number of rotatable bonds is 6. The Kier molecular flexibility index (Phi) is 5.24. The standard InChI is InChI=1S/C22H18N2O6S2/c1-27-16-6-3-2-5-15(16)23-21-22(24-20(30-21)19-7-4-12-31-19)32(25,26)14-8-9-17-18(13-14)29-11-10-28-17/h2-9,12-13,23H,10-11H2,1H3. The molecule has 0 unspecified atom stereocenters. The van der Waals surface area contributed by atoms with Crippen molar-refractivity contribution >= 4 is 32.7 Å². The van der Waals surface area contributed by atoms with Crippen LogP contribution in [0.2, 0.25) is 0 Å². The van der Waals surface area contributed by atoms with Crippen molar-refractivity contribution in [2.45, 2.75) is 9.92 Å². The minimum Gasteiger partial charge on any atom is -0.495 e. The van der Waals surface area contributed by atoms with Gasteiger partial charge in [0.1, 0.15) is 19.0 Å². The molecule has 0 saturated carbocycles. The first-order valence-corrected chi connectivity index (χ1v) is 12.0. The van der Waals surface area contributed by atoms with E-state index in [-0.39, 0.29) is 21.7 Å². The molecule has 8 nitrogen and oxygen atoms in total. The van der Waals surface area contributed by atoms with Crippen molar-refractivity contribution in [2.24, 2.45) is 0 Å². The molecule has 0 aliphatic carbocycles. The van der Waals surface area contributed by atoms with E-state index in [1.54, 1.807) is 24.3 Å². The van der Waals surface area contributed by atoms with Crippen molar-refractivity contribution in [1.82, 2.24) is 4.98 Å². The van der Waals surface area contributed by atoms with Crippen LogP contribution in [-0.2, 0) is 9.84 Å². The fraction of sp³-hybridized carbons (Fsp3) is 0.136. The quantitative estimate of drug-likeness (QED) is 0.431. The van der Waals surface area contributed by atoms with Crippen molar-refractivity contribution in [3.63, 3.8) is 0 Å². The normalized spacial score (nSPS) is 13.0. The summed E-state index contributed by atoms with van der Waals surface area (Å²) in [5, 5.41) is 4.66. The van der Waals surface area contributed by atoms with Gasteiger partial charge in [-0.05, 0) is 35.7 Å². The van der Waals surface area contributed by atoms with Gasteiger partial charge in [0.25, 0.3) is 0 Å². The summed E-state index contributed by atoms with van der Waals surface area (Å²) >= 11 is 1.40. The van der Waals surface area contributed by atoms with E-state index in [4.69, 9.17) is 18.6 Å². The van der Waals surface area contributed by atoms with E-state index in [9.17, 15) is 8.42 Å². The summed E-state index contributed by atoms with van der Waals surface area (Å²) in [7, 11) is -2.52. The third-order valence-corrected chi connectivity index (χ3v) is 7.28. The van der Waals surface area contributed by atoms with E-state index >= 15 is 0 Å². The number of ether oxygens (including phenoxy) is 3. The monoisotopic (exact) mass is 470 g/mol. The van der Waals surface area contributed by atoms with Gasteiger partial charge in [0.2, 0.25) is 26.6 Å². The summed E-state index contributed by atoms with van der Waals surface area (Å²) in [6.45, 7) is 0.767. The molecular formula is C22H18N2O6S2. The summed E-state index contributed by atoms with van der Waals surface area (Å²) in [6.07, 6.45) is 0. The number of thiophene rings is 1. The average Bonchev–Trinajstić information content (AvgIpc) is 3.49. The number of benzene rings is 2. The molecule has 10 heteroatoms. The van der Waals surface area contributed by atoms with Gasteiger partial charge in [-0.25, -0.2) is 8.42 Å². The Morgan fingerprint density at radius 1 is 1.03 bits per heavy atom. The molecular weight excluding hydrogens is 452 g/mol. The lowest BCUT2D eigenvalue weighted by molar-refractivity contribution is 0.171. The van der Waals surface area contributed by atoms with Crippen LogP contribution in [0.15, 0.2) is 74.3 Å². The number of fused-ring (bicyclic) bond motifs is 1. The molecule has 0 radical (unpaired) electrons. The molecule has 0 saturated heterocycles. The van der Waals surface area contributed by atoms with Crippen LogP contribution in [0.5, 0.6) is 17.2 Å². The topological polar surface area (TPSA) is 99.9 Å². The zero-order valence-corrected chi connectivity index (χ0v) is 18.5. The molecule has 2 aromatic carbocycles. The molecule has 0 bridgehead atoms. The van der Waals surface area contributed by atoms with Gasteiger partial charge in [-0.1, -0.05) is 18.2 Å². The number of nitrogens with one attached hydrogen (secondary N) is 1. The van der Waals surface area contributed by atoms with E-state index in [1.165, 1.54) is 30.6 Å². The lowest BCUT2D eigenvalue weighted by Gasteiger charge is -2.18.